The number of ether oxygens (including phenoxy) is 7. The summed E-state index contributed by atoms with van der Waals surface area (Å²) in [6.07, 6.45) is 4.18. The van der Waals surface area contributed by atoms with E-state index < -0.39 is 11.2 Å². The van der Waals surface area contributed by atoms with Crippen LogP contribution in [0.4, 0.5) is 0 Å². The molecule has 0 N–H and O–H groups in total. The minimum absolute atomic E-state index is 0.0893. The molecule has 2 fully saturated rings. The zero-order valence-corrected chi connectivity index (χ0v) is 19.2. The van der Waals surface area contributed by atoms with Crippen molar-refractivity contribution < 1.29 is 33.2 Å². The zero-order valence-electron chi connectivity index (χ0n) is 19.2. The topological polar surface area (TPSA) is 64.6 Å². The number of rotatable bonds is 14. The van der Waals surface area contributed by atoms with Crippen molar-refractivity contribution in [2.75, 3.05) is 53.9 Å². The summed E-state index contributed by atoms with van der Waals surface area (Å²) < 4.78 is 41.3. The molecule has 2 aliphatic heterocycles. The van der Waals surface area contributed by atoms with Gasteiger partial charge in [0.15, 0.2) is 0 Å². The fraction of sp³-hybridized carbons (Fsp3) is 1.00. The molecular formula is C22H42O7. The van der Waals surface area contributed by atoms with Crippen LogP contribution in [0, 0.1) is 0 Å². The molecule has 2 rings (SSSR count). The van der Waals surface area contributed by atoms with E-state index in [0.29, 0.717) is 39.6 Å². The largest absolute Gasteiger partial charge is 0.382 e. The third-order valence-electron chi connectivity index (χ3n) is 5.47. The van der Waals surface area contributed by atoms with Crippen molar-refractivity contribution in [3.8, 4) is 0 Å². The summed E-state index contributed by atoms with van der Waals surface area (Å²) >= 11 is 0. The lowest BCUT2D eigenvalue weighted by Gasteiger charge is -2.34. The van der Waals surface area contributed by atoms with Gasteiger partial charge in [-0.25, -0.2) is 0 Å². The number of hydrogen-bond donors (Lipinski definition) is 0. The molecule has 7 heteroatoms. The first kappa shape index (κ1) is 25.0. The molecule has 29 heavy (non-hydrogen) atoms. The molecule has 4 atom stereocenters. The van der Waals surface area contributed by atoms with E-state index in [-0.39, 0.29) is 24.4 Å². The zero-order chi connectivity index (χ0) is 21.3. The number of hydrogen-bond acceptors (Lipinski definition) is 7. The molecule has 2 aliphatic rings. The van der Waals surface area contributed by atoms with Crippen molar-refractivity contribution in [1.29, 1.82) is 0 Å². The van der Waals surface area contributed by atoms with E-state index in [4.69, 9.17) is 33.2 Å². The fourth-order valence-electron chi connectivity index (χ4n) is 3.97. The SMILES string of the molecule is COCC1CCC(COCC2(COC(C)C)CCC(COC)O2)(COC(C)C)O1. The molecule has 0 aromatic heterocycles. The second-order valence-corrected chi connectivity index (χ2v) is 9.05. The van der Waals surface area contributed by atoms with Gasteiger partial charge in [-0.1, -0.05) is 0 Å². The summed E-state index contributed by atoms with van der Waals surface area (Å²) in [6.45, 7) is 11.3. The quantitative estimate of drug-likeness (QED) is 0.430. The van der Waals surface area contributed by atoms with Crippen molar-refractivity contribution in [3.63, 3.8) is 0 Å². The Balaban J connectivity index is 1.95. The predicted molar refractivity (Wildman–Crippen MR) is 110 cm³/mol. The van der Waals surface area contributed by atoms with E-state index in [9.17, 15) is 0 Å². The van der Waals surface area contributed by atoms with Gasteiger partial charge in [-0.3, -0.25) is 0 Å². The van der Waals surface area contributed by atoms with Crippen LogP contribution >= 0.6 is 0 Å². The second-order valence-electron chi connectivity index (χ2n) is 9.05. The van der Waals surface area contributed by atoms with Gasteiger partial charge in [0.05, 0.1) is 64.1 Å². The first-order valence-corrected chi connectivity index (χ1v) is 11.0. The lowest BCUT2D eigenvalue weighted by molar-refractivity contribution is -0.177. The summed E-state index contributed by atoms with van der Waals surface area (Å²) in [4.78, 5) is 0. The van der Waals surface area contributed by atoms with E-state index in [1.165, 1.54) is 0 Å². The van der Waals surface area contributed by atoms with Crippen LogP contribution in [0.3, 0.4) is 0 Å². The van der Waals surface area contributed by atoms with E-state index in [1.54, 1.807) is 14.2 Å². The molecule has 0 aromatic carbocycles. The second kappa shape index (κ2) is 11.9. The Hall–Kier alpha value is -0.280. The van der Waals surface area contributed by atoms with E-state index in [1.807, 2.05) is 27.7 Å². The van der Waals surface area contributed by atoms with Gasteiger partial charge in [-0.2, -0.15) is 0 Å². The van der Waals surface area contributed by atoms with Crippen LogP contribution in [0.1, 0.15) is 53.4 Å². The highest BCUT2D eigenvalue weighted by Gasteiger charge is 2.44. The van der Waals surface area contributed by atoms with Gasteiger partial charge in [-0.05, 0) is 53.4 Å². The van der Waals surface area contributed by atoms with E-state index in [0.717, 1.165) is 25.7 Å². The monoisotopic (exact) mass is 418 g/mol. The van der Waals surface area contributed by atoms with Crippen LogP contribution in [0.5, 0.6) is 0 Å². The minimum Gasteiger partial charge on any atom is -0.382 e. The Kier molecular flexibility index (Phi) is 10.3. The number of methoxy groups -OCH3 is 2. The molecule has 0 amide bonds. The minimum atomic E-state index is -0.432. The van der Waals surface area contributed by atoms with Crippen molar-refractivity contribution in [2.45, 2.75) is 89.0 Å². The maximum Gasteiger partial charge on any atom is 0.115 e. The highest BCUT2D eigenvalue weighted by atomic mass is 16.6. The van der Waals surface area contributed by atoms with Gasteiger partial charge in [0.25, 0.3) is 0 Å². The van der Waals surface area contributed by atoms with Gasteiger partial charge < -0.3 is 33.2 Å². The van der Waals surface area contributed by atoms with Gasteiger partial charge in [0, 0.05) is 14.2 Å². The summed E-state index contributed by atoms with van der Waals surface area (Å²) in [5.74, 6) is 0. The highest BCUT2D eigenvalue weighted by molar-refractivity contribution is 4.92. The molecule has 0 saturated carbocycles. The highest BCUT2D eigenvalue weighted by Crippen LogP contribution is 2.35. The molecule has 172 valence electrons. The van der Waals surface area contributed by atoms with Crippen LogP contribution in [-0.2, 0) is 33.2 Å². The van der Waals surface area contributed by atoms with Crippen molar-refractivity contribution in [1.82, 2.24) is 0 Å². The molecule has 2 saturated heterocycles. The van der Waals surface area contributed by atoms with E-state index >= 15 is 0 Å². The van der Waals surface area contributed by atoms with E-state index in [2.05, 4.69) is 0 Å². The van der Waals surface area contributed by atoms with Gasteiger partial charge in [0.2, 0.25) is 0 Å². The van der Waals surface area contributed by atoms with Crippen LogP contribution in [0.2, 0.25) is 0 Å². The predicted octanol–water partition coefficient (Wildman–Crippen LogP) is 2.98. The first-order valence-electron chi connectivity index (χ1n) is 11.0. The normalized spacial score (nSPS) is 32.7. The smallest absolute Gasteiger partial charge is 0.115 e. The van der Waals surface area contributed by atoms with Gasteiger partial charge in [0.1, 0.15) is 11.2 Å². The maximum atomic E-state index is 6.33. The van der Waals surface area contributed by atoms with Crippen LogP contribution in [0.15, 0.2) is 0 Å². The van der Waals surface area contributed by atoms with Crippen LogP contribution in [0.25, 0.3) is 0 Å². The molecule has 0 spiro atoms. The third-order valence-corrected chi connectivity index (χ3v) is 5.47. The van der Waals surface area contributed by atoms with Crippen molar-refractivity contribution in [2.24, 2.45) is 0 Å². The average molecular weight is 419 g/mol. The molecule has 0 radical (unpaired) electrons. The molecule has 0 aromatic rings. The molecule has 0 aliphatic carbocycles. The van der Waals surface area contributed by atoms with Crippen molar-refractivity contribution >= 4 is 0 Å². The maximum absolute atomic E-state index is 6.33. The molecule has 0 bridgehead atoms. The summed E-state index contributed by atoms with van der Waals surface area (Å²) in [6, 6.07) is 0. The fourth-order valence-corrected chi connectivity index (χ4v) is 3.97. The molecule has 2 heterocycles. The lowest BCUT2D eigenvalue weighted by atomic mass is 10.00. The Morgan fingerprint density at radius 1 is 0.724 bits per heavy atom. The average Bonchev–Trinajstić information content (AvgIpc) is 3.25. The van der Waals surface area contributed by atoms with Gasteiger partial charge in [-0.15, -0.1) is 0 Å². The summed E-state index contributed by atoms with van der Waals surface area (Å²) in [5.41, 5.74) is -0.865. The lowest BCUT2D eigenvalue weighted by Crippen LogP contribution is -2.45. The Morgan fingerprint density at radius 3 is 1.48 bits per heavy atom. The molecule has 4 unspecified atom stereocenters. The molecule has 7 nitrogen and oxygen atoms in total. The summed E-state index contributed by atoms with van der Waals surface area (Å²) in [5, 5.41) is 0. The molecular weight excluding hydrogens is 376 g/mol. The van der Waals surface area contributed by atoms with Crippen LogP contribution in [-0.4, -0.2) is 89.5 Å². The standard InChI is InChI=1S/C22H42O7/c1-17(2)26-15-21(9-7-19(28-21)11-23-5)13-25-14-22(16-27-18(3)4)10-8-20(29-22)12-24-6/h17-20H,7-16H2,1-6H3. The summed E-state index contributed by atoms with van der Waals surface area (Å²) in [7, 11) is 3.41. The Labute approximate surface area is 176 Å². The van der Waals surface area contributed by atoms with Crippen LogP contribution < -0.4 is 0 Å². The first-order chi connectivity index (χ1) is 13.8. The van der Waals surface area contributed by atoms with Gasteiger partial charge >= 0.3 is 0 Å². The Morgan fingerprint density at radius 2 is 1.14 bits per heavy atom. The third kappa shape index (κ3) is 8.05. The Bertz CT molecular complexity index is 418. The van der Waals surface area contributed by atoms with Crippen molar-refractivity contribution in [3.05, 3.63) is 0 Å².